The van der Waals surface area contributed by atoms with Crippen LogP contribution in [0.5, 0.6) is 0 Å². The fourth-order valence-corrected chi connectivity index (χ4v) is 2.63. The molecule has 0 unspecified atom stereocenters. The molecule has 0 aromatic heterocycles. The normalized spacial score (nSPS) is 12.1. The summed E-state index contributed by atoms with van der Waals surface area (Å²) in [6, 6.07) is 4.15. The number of carbonyl (C=O) groups excluding carboxylic acids is 1. The molecule has 0 aliphatic carbocycles. The van der Waals surface area contributed by atoms with Crippen LogP contribution in [0.15, 0.2) is 23.1 Å². The summed E-state index contributed by atoms with van der Waals surface area (Å²) >= 11 is 5.86. The van der Waals surface area contributed by atoms with E-state index in [-0.39, 0.29) is 9.92 Å². The van der Waals surface area contributed by atoms with E-state index in [1.54, 1.807) is 20.8 Å². The van der Waals surface area contributed by atoms with Gasteiger partial charge in [-0.3, -0.25) is 5.32 Å². The molecule has 0 spiro atoms. The lowest BCUT2D eigenvalue weighted by Gasteiger charge is -2.19. The molecule has 0 saturated heterocycles. The van der Waals surface area contributed by atoms with E-state index in [2.05, 4.69) is 5.32 Å². The van der Waals surface area contributed by atoms with Crippen LogP contribution in [0.25, 0.3) is 0 Å². The highest BCUT2D eigenvalue weighted by molar-refractivity contribution is 7.90. The third-order valence-corrected chi connectivity index (χ3v) is 3.56. The van der Waals surface area contributed by atoms with Gasteiger partial charge in [0.25, 0.3) is 0 Å². The Morgan fingerprint density at radius 3 is 2.32 bits per heavy atom. The van der Waals surface area contributed by atoms with Crippen molar-refractivity contribution in [1.82, 2.24) is 0 Å². The summed E-state index contributed by atoms with van der Waals surface area (Å²) in [4.78, 5) is 11.5. The van der Waals surface area contributed by atoms with Crippen molar-refractivity contribution in [3.63, 3.8) is 0 Å². The van der Waals surface area contributed by atoms with Crippen LogP contribution >= 0.6 is 11.6 Å². The predicted molar refractivity (Wildman–Crippen MR) is 74.4 cm³/mol. The van der Waals surface area contributed by atoms with E-state index < -0.39 is 21.5 Å². The average Bonchev–Trinajstić information content (AvgIpc) is 2.11. The van der Waals surface area contributed by atoms with Crippen molar-refractivity contribution < 1.29 is 17.9 Å². The van der Waals surface area contributed by atoms with Gasteiger partial charge in [0.15, 0.2) is 9.84 Å². The van der Waals surface area contributed by atoms with E-state index in [9.17, 15) is 13.2 Å². The zero-order valence-electron chi connectivity index (χ0n) is 11.2. The van der Waals surface area contributed by atoms with Gasteiger partial charge in [-0.1, -0.05) is 11.6 Å². The van der Waals surface area contributed by atoms with Crippen molar-refractivity contribution in [1.29, 1.82) is 0 Å². The number of nitrogens with one attached hydrogen (secondary N) is 1. The van der Waals surface area contributed by atoms with Gasteiger partial charge >= 0.3 is 6.09 Å². The van der Waals surface area contributed by atoms with Crippen molar-refractivity contribution >= 4 is 33.2 Å². The Hall–Kier alpha value is -1.27. The van der Waals surface area contributed by atoms with E-state index in [0.29, 0.717) is 5.69 Å². The van der Waals surface area contributed by atoms with E-state index >= 15 is 0 Å². The second kappa shape index (κ2) is 5.38. The number of sulfone groups is 1. The largest absolute Gasteiger partial charge is 0.444 e. The second-order valence-electron chi connectivity index (χ2n) is 5.04. The first-order valence-corrected chi connectivity index (χ1v) is 7.75. The second-order valence-corrected chi connectivity index (χ2v) is 7.44. The average molecular weight is 306 g/mol. The Bertz CT molecular complexity index is 590. The SMILES string of the molecule is CC(C)(C)OC(=O)Nc1ccc(S(C)(=O)=O)c(Cl)c1. The Kier molecular flexibility index (Phi) is 4.47. The first-order valence-electron chi connectivity index (χ1n) is 5.49. The third-order valence-electron chi connectivity index (χ3n) is 1.98. The quantitative estimate of drug-likeness (QED) is 0.911. The van der Waals surface area contributed by atoms with E-state index in [1.807, 2.05) is 0 Å². The predicted octanol–water partition coefficient (Wildman–Crippen LogP) is 3.09. The van der Waals surface area contributed by atoms with E-state index in [4.69, 9.17) is 16.3 Å². The lowest BCUT2D eigenvalue weighted by molar-refractivity contribution is 0.0636. The van der Waals surface area contributed by atoms with Gasteiger partial charge in [0.05, 0.1) is 9.92 Å². The van der Waals surface area contributed by atoms with Crippen LogP contribution in [-0.2, 0) is 14.6 Å². The monoisotopic (exact) mass is 305 g/mol. The minimum atomic E-state index is -3.38. The van der Waals surface area contributed by atoms with Crippen LogP contribution < -0.4 is 5.32 Å². The first-order chi connectivity index (χ1) is 8.49. The van der Waals surface area contributed by atoms with Gasteiger partial charge in [-0.25, -0.2) is 13.2 Å². The number of anilines is 1. The molecule has 5 nitrogen and oxygen atoms in total. The molecule has 0 heterocycles. The van der Waals surface area contributed by atoms with Crippen molar-refractivity contribution in [2.24, 2.45) is 0 Å². The molecule has 0 atom stereocenters. The van der Waals surface area contributed by atoms with Crippen LogP contribution in [-0.4, -0.2) is 26.4 Å². The fraction of sp³-hybridized carbons (Fsp3) is 0.417. The molecule has 0 aliphatic rings. The molecule has 0 radical (unpaired) electrons. The number of carbonyl (C=O) groups is 1. The molecule has 7 heteroatoms. The van der Waals surface area contributed by atoms with Crippen LogP contribution in [0, 0.1) is 0 Å². The molecule has 1 rings (SSSR count). The number of hydrogen-bond donors (Lipinski definition) is 1. The minimum absolute atomic E-state index is 0.0175. The fourth-order valence-electron chi connectivity index (χ4n) is 1.30. The van der Waals surface area contributed by atoms with Crippen molar-refractivity contribution in [3.05, 3.63) is 23.2 Å². The number of amides is 1. The summed E-state index contributed by atoms with van der Waals surface area (Å²) < 4.78 is 27.8. The van der Waals surface area contributed by atoms with Crippen molar-refractivity contribution in [3.8, 4) is 0 Å². The summed E-state index contributed by atoms with van der Waals surface area (Å²) in [5.41, 5.74) is -0.243. The van der Waals surface area contributed by atoms with Gasteiger partial charge in [0, 0.05) is 11.9 Å². The van der Waals surface area contributed by atoms with Gasteiger partial charge < -0.3 is 4.74 Å². The standard InChI is InChI=1S/C12H16ClNO4S/c1-12(2,3)18-11(15)14-8-5-6-10(9(13)7-8)19(4,16)17/h5-7H,1-4H3,(H,14,15). The van der Waals surface area contributed by atoms with Gasteiger partial charge in [-0.15, -0.1) is 0 Å². The minimum Gasteiger partial charge on any atom is -0.444 e. The number of benzene rings is 1. The zero-order valence-corrected chi connectivity index (χ0v) is 12.7. The summed E-state index contributed by atoms with van der Waals surface area (Å²) in [6.07, 6.45) is 0.436. The molecule has 0 saturated carbocycles. The third kappa shape index (κ3) is 5.08. The molecular weight excluding hydrogens is 290 g/mol. The molecule has 0 aliphatic heterocycles. The van der Waals surface area contributed by atoms with Crippen LogP contribution in [0.1, 0.15) is 20.8 Å². The summed E-state index contributed by atoms with van der Waals surface area (Å²) in [6.45, 7) is 5.23. The number of halogens is 1. The van der Waals surface area contributed by atoms with E-state index in [1.165, 1.54) is 18.2 Å². The smallest absolute Gasteiger partial charge is 0.412 e. The lowest BCUT2D eigenvalue weighted by atomic mass is 10.2. The highest BCUT2D eigenvalue weighted by atomic mass is 35.5. The van der Waals surface area contributed by atoms with Crippen molar-refractivity contribution in [2.75, 3.05) is 11.6 Å². The lowest BCUT2D eigenvalue weighted by Crippen LogP contribution is -2.27. The Labute approximate surface area is 117 Å². The van der Waals surface area contributed by atoms with Crippen LogP contribution in [0.4, 0.5) is 10.5 Å². The molecule has 0 fully saturated rings. The van der Waals surface area contributed by atoms with Gasteiger partial charge in [0.2, 0.25) is 0 Å². The summed E-state index contributed by atoms with van der Waals surface area (Å²) in [5, 5.41) is 2.53. The zero-order chi connectivity index (χ0) is 14.8. The molecule has 19 heavy (non-hydrogen) atoms. The molecule has 1 aromatic carbocycles. The topological polar surface area (TPSA) is 72.5 Å². The molecule has 0 bridgehead atoms. The highest BCUT2D eigenvalue weighted by Crippen LogP contribution is 2.25. The van der Waals surface area contributed by atoms with Gasteiger partial charge in [0.1, 0.15) is 5.60 Å². The number of hydrogen-bond acceptors (Lipinski definition) is 4. The summed E-state index contributed by atoms with van der Waals surface area (Å²) in [5.74, 6) is 0. The first kappa shape index (κ1) is 15.8. The number of ether oxygens (including phenoxy) is 1. The molecule has 1 aromatic rings. The molecular formula is C12H16ClNO4S. The molecule has 106 valence electrons. The van der Waals surface area contributed by atoms with E-state index in [0.717, 1.165) is 6.26 Å². The van der Waals surface area contributed by atoms with Crippen LogP contribution in [0.3, 0.4) is 0 Å². The summed E-state index contributed by atoms with van der Waals surface area (Å²) in [7, 11) is -3.38. The maximum Gasteiger partial charge on any atom is 0.412 e. The maximum atomic E-state index is 11.5. The number of rotatable bonds is 2. The van der Waals surface area contributed by atoms with Crippen molar-refractivity contribution in [2.45, 2.75) is 31.3 Å². The van der Waals surface area contributed by atoms with Crippen LogP contribution in [0.2, 0.25) is 5.02 Å². The Morgan fingerprint density at radius 2 is 1.89 bits per heavy atom. The maximum absolute atomic E-state index is 11.5. The molecule has 1 N–H and O–H groups in total. The van der Waals surface area contributed by atoms with Gasteiger partial charge in [-0.2, -0.15) is 0 Å². The Balaban J connectivity index is 2.89. The Morgan fingerprint density at radius 1 is 1.32 bits per heavy atom. The highest BCUT2D eigenvalue weighted by Gasteiger charge is 2.17. The molecule has 1 amide bonds. The van der Waals surface area contributed by atoms with Gasteiger partial charge in [-0.05, 0) is 39.0 Å².